The predicted octanol–water partition coefficient (Wildman–Crippen LogP) is 2.30. The number of nitrogens with one attached hydrogen (secondary N) is 3. The summed E-state index contributed by atoms with van der Waals surface area (Å²) in [7, 11) is 0. The molecule has 10 nitrogen and oxygen atoms in total. The normalized spacial score (nSPS) is 19.5. The van der Waals surface area contributed by atoms with E-state index in [1.165, 1.54) is 13.0 Å². The van der Waals surface area contributed by atoms with Gasteiger partial charge in [0, 0.05) is 43.2 Å². The average Bonchev–Trinajstić information content (AvgIpc) is 3.30. The fraction of sp³-hybridized carbons (Fsp3) is 0.417. The molecule has 1 unspecified atom stereocenters. The lowest BCUT2D eigenvalue weighted by Gasteiger charge is -2.47. The van der Waals surface area contributed by atoms with Crippen LogP contribution >= 0.6 is 0 Å². The first-order valence-corrected chi connectivity index (χ1v) is 11.7. The van der Waals surface area contributed by atoms with E-state index in [0.29, 0.717) is 18.7 Å². The summed E-state index contributed by atoms with van der Waals surface area (Å²) in [4.78, 5) is 43.2. The van der Waals surface area contributed by atoms with Gasteiger partial charge in [-0.3, -0.25) is 25.2 Å². The number of halogens is 4. The summed E-state index contributed by atoms with van der Waals surface area (Å²) in [5, 5.41) is 4.89. The predicted molar refractivity (Wildman–Crippen MR) is 128 cm³/mol. The largest absolute Gasteiger partial charge is 0.399 e. The van der Waals surface area contributed by atoms with E-state index in [1.54, 1.807) is 4.57 Å². The van der Waals surface area contributed by atoms with E-state index in [1.807, 2.05) is 6.92 Å². The number of anilines is 1. The highest BCUT2D eigenvalue weighted by Gasteiger charge is 2.59. The molecule has 2 amide bonds. The third kappa shape index (κ3) is 4.83. The van der Waals surface area contributed by atoms with Gasteiger partial charge in [-0.25, -0.2) is 17.6 Å². The van der Waals surface area contributed by atoms with Crippen molar-refractivity contribution in [2.75, 3.05) is 5.32 Å². The maximum absolute atomic E-state index is 13.8. The van der Waals surface area contributed by atoms with Gasteiger partial charge in [-0.15, -0.1) is 0 Å². The zero-order chi connectivity index (χ0) is 28.0. The van der Waals surface area contributed by atoms with Gasteiger partial charge in [0.1, 0.15) is 11.4 Å². The van der Waals surface area contributed by atoms with E-state index >= 15 is 0 Å². The zero-order valence-corrected chi connectivity index (χ0v) is 20.6. The van der Waals surface area contributed by atoms with Crippen LogP contribution in [0.4, 0.5) is 23.2 Å². The molecule has 204 valence electrons. The van der Waals surface area contributed by atoms with Crippen molar-refractivity contribution in [1.82, 2.24) is 20.3 Å². The minimum absolute atomic E-state index is 0.0132. The third-order valence-electron chi connectivity index (χ3n) is 6.83. The quantitative estimate of drug-likeness (QED) is 0.114. The molecule has 7 N–H and O–H groups in total. The number of fused-ring (bicyclic) bond motifs is 1. The lowest BCUT2D eigenvalue weighted by atomic mass is 9.71. The van der Waals surface area contributed by atoms with Crippen molar-refractivity contribution in [3.05, 3.63) is 58.4 Å². The van der Waals surface area contributed by atoms with Gasteiger partial charge in [-0.1, -0.05) is 6.92 Å². The summed E-state index contributed by atoms with van der Waals surface area (Å²) >= 11 is 0. The van der Waals surface area contributed by atoms with Crippen LogP contribution in [0.2, 0.25) is 0 Å². The number of hydrazine groups is 1. The molecule has 2 aromatic heterocycles. The van der Waals surface area contributed by atoms with Crippen molar-refractivity contribution in [2.45, 2.75) is 57.5 Å². The SMILES string of the molecule is Cc1c(C(=O)C(=O)NC2(C(N)=CNN)CC(F)(F)C2)c2n(c1C(=O)Nc1ccnc(C(F)F)c1)CC(C)C2. The fourth-order valence-electron chi connectivity index (χ4n) is 5.17. The molecule has 1 aliphatic heterocycles. The van der Waals surface area contributed by atoms with Crippen LogP contribution in [-0.2, 0) is 17.8 Å². The van der Waals surface area contributed by atoms with E-state index in [4.69, 9.17) is 11.6 Å². The second-order valence-electron chi connectivity index (χ2n) is 9.78. The van der Waals surface area contributed by atoms with Gasteiger partial charge in [0.25, 0.3) is 29.9 Å². The summed E-state index contributed by atoms with van der Waals surface area (Å²) in [6.45, 7) is 3.76. The Labute approximate surface area is 214 Å². The van der Waals surface area contributed by atoms with Crippen LogP contribution in [0.5, 0.6) is 0 Å². The summed E-state index contributed by atoms with van der Waals surface area (Å²) in [5.74, 6) is -0.688. The number of ketones is 1. The van der Waals surface area contributed by atoms with Gasteiger partial charge in [0.2, 0.25) is 0 Å². The lowest BCUT2D eigenvalue weighted by molar-refractivity contribution is -0.137. The summed E-state index contributed by atoms with van der Waals surface area (Å²) in [6, 6.07) is 2.38. The molecule has 1 atom stereocenters. The number of aromatic nitrogens is 2. The molecule has 0 spiro atoms. The molecule has 0 radical (unpaired) electrons. The minimum atomic E-state index is -3.09. The zero-order valence-electron chi connectivity index (χ0n) is 20.6. The molecule has 3 heterocycles. The van der Waals surface area contributed by atoms with E-state index in [0.717, 1.165) is 18.5 Å². The van der Waals surface area contributed by atoms with Gasteiger partial charge >= 0.3 is 0 Å². The van der Waals surface area contributed by atoms with Gasteiger partial charge in [0.15, 0.2) is 0 Å². The van der Waals surface area contributed by atoms with Crippen molar-refractivity contribution in [1.29, 1.82) is 0 Å². The number of pyridine rings is 1. The summed E-state index contributed by atoms with van der Waals surface area (Å²) in [6.07, 6.45) is -1.88. The van der Waals surface area contributed by atoms with Gasteiger partial charge in [-0.2, -0.15) is 0 Å². The minimum Gasteiger partial charge on any atom is -0.399 e. The molecule has 1 saturated carbocycles. The molecule has 0 aromatic carbocycles. The Bertz CT molecular complexity index is 1330. The smallest absolute Gasteiger partial charge is 0.293 e. The Morgan fingerprint density at radius 3 is 2.55 bits per heavy atom. The number of hydrogen-bond donors (Lipinski definition) is 5. The highest BCUT2D eigenvalue weighted by molar-refractivity contribution is 6.44. The maximum atomic E-state index is 13.8. The number of alkyl halides is 4. The van der Waals surface area contributed by atoms with Crippen LogP contribution in [0.1, 0.15) is 64.0 Å². The fourth-order valence-corrected chi connectivity index (χ4v) is 5.17. The van der Waals surface area contributed by atoms with Crippen LogP contribution in [0.3, 0.4) is 0 Å². The molecule has 4 rings (SSSR count). The van der Waals surface area contributed by atoms with Crippen molar-refractivity contribution < 1.29 is 31.9 Å². The molecule has 1 fully saturated rings. The highest BCUT2D eigenvalue weighted by atomic mass is 19.3. The molecule has 1 aliphatic carbocycles. The van der Waals surface area contributed by atoms with E-state index < -0.39 is 54.0 Å². The monoisotopic (exact) mass is 537 g/mol. The highest BCUT2D eigenvalue weighted by Crippen LogP contribution is 2.48. The number of nitrogens with two attached hydrogens (primary N) is 2. The first-order chi connectivity index (χ1) is 17.8. The van der Waals surface area contributed by atoms with Crippen molar-refractivity contribution in [3.63, 3.8) is 0 Å². The van der Waals surface area contributed by atoms with Gasteiger partial charge < -0.3 is 26.4 Å². The van der Waals surface area contributed by atoms with Crippen molar-refractivity contribution in [3.8, 4) is 0 Å². The van der Waals surface area contributed by atoms with Crippen molar-refractivity contribution >= 4 is 23.3 Å². The molecular formula is C24H27F4N7O3. The lowest BCUT2D eigenvalue weighted by Crippen LogP contribution is -2.65. The van der Waals surface area contributed by atoms with Crippen LogP contribution < -0.4 is 27.6 Å². The van der Waals surface area contributed by atoms with E-state index in [9.17, 15) is 31.9 Å². The number of carbonyl (C=O) groups excluding carboxylic acids is 3. The molecule has 2 aliphatic rings. The Hall–Kier alpha value is -3.94. The first kappa shape index (κ1) is 27.1. The maximum Gasteiger partial charge on any atom is 0.293 e. The Balaban J connectivity index is 1.65. The number of hydrogen-bond acceptors (Lipinski definition) is 7. The standard InChI is InChI=1S/C24H27F4N7O3/c1-11-5-15-17(19(36)22(38)34-23(16(29)7-32-30)9-24(27,28)10-23)12(2)18(35(15)8-11)21(37)33-13-3-4-31-14(6-13)20(25)26/h3-4,6-7,11,20,32H,5,8-10,29-30H2,1-2H3,(H,34,38)(H,31,33,37). The van der Waals surface area contributed by atoms with Crippen LogP contribution in [-0.4, -0.2) is 38.6 Å². The van der Waals surface area contributed by atoms with Crippen LogP contribution in [0, 0.1) is 12.8 Å². The van der Waals surface area contributed by atoms with E-state index in [-0.39, 0.29) is 34.1 Å². The topological polar surface area (TPSA) is 157 Å². The molecular weight excluding hydrogens is 510 g/mol. The molecule has 38 heavy (non-hydrogen) atoms. The van der Waals surface area contributed by atoms with Crippen LogP contribution in [0.25, 0.3) is 0 Å². The summed E-state index contributed by atoms with van der Waals surface area (Å²) in [5.41, 5.74) is 6.45. The molecule has 0 saturated heterocycles. The second-order valence-corrected chi connectivity index (χ2v) is 9.78. The average molecular weight is 538 g/mol. The molecule has 14 heteroatoms. The number of rotatable bonds is 8. The number of amides is 2. The number of nitrogens with zero attached hydrogens (tertiary/aromatic N) is 2. The Morgan fingerprint density at radius 2 is 1.95 bits per heavy atom. The Morgan fingerprint density at radius 1 is 1.26 bits per heavy atom. The first-order valence-electron chi connectivity index (χ1n) is 11.7. The van der Waals surface area contributed by atoms with Crippen LogP contribution in [0.15, 0.2) is 30.2 Å². The van der Waals surface area contributed by atoms with Gasteiger partial charge in [-0.05, 0) is 37.0 Å². The second kappa shape index (κ2) is 9.74. The van der Waals surface area contributed by atoms with E-state index in [2.05, 4.69) is 21.0 Å². The molecule has 0 bridgehead atoms. The summed E-state index contributed by atoms with van der Waals surface area (Å²) < 4.78 is 55.2. The molecule has 2 aromatic rings. The third-order valence-corrected chi connectivity index (χ3v) is 6.83. The number of carbonyl (C=O) groups is 3. The van der Waals surface area contributed by atoms with Crippen molar-refractivity contribution in [2.24, 2.45) is 17.5 Å². The van der Waals surface area contributed by atoms with Gasteiger partial charge in [0.05, 0.1) is 16.8 Å². The number of Topliss-reactive ketones (excluding diaryl/α,β-unsaturated/α-hetero) is 1. The Kier molecular flexibility index (Phi) is 6.95.